The lowest BCUT2D eigenvalue weighted by molar-refractivity contribution is -0.123. The predicted octanol–water partition coefficient (Wildman–Crippen LogP) is 1.53. The highest BCUT2D eigenvalue weighted by molar-refractivity contribution is 6.13. The fourth-order valence-corrected chi connectivity index (χ4v) is 2.95. The van der Waals surface area contributed by atoms with Crippen LogP contribution in [0.15, 0.2) is 30.2 Å². The summed E-state index contributed by atoms with van der Waals surface area (Å²) in [5.41, 5.74) is 1.12. The normalized spacial score (nSPS) is 27.3. The fraction of sp³-hybridized carbons (Fsp3) is 0.438. The van der Waals surface area contributed by atoms with Gasteiger partial charge in [0.15, 0.2) is 0 Å². The Hall–Kier alpha value is -2.21. The molecule has 0 radical (unpaired) electrons. The van der Waals surface area contributed by atoms with Gasteiger partial charge in [0, 0.05) is 18.9 Å². The molecule has 6 nitrogen and oxygen atoms in total. The molecule has 116 valence electrons. The average Bonchev–Trinajstić information content (AvgIpc) is 2.78. The van der Waals surface area contributed by atoms with Crippen molar-refractivity contribution in [1.29, 1.82) is 0 Å². The van der Waals surface area contributed by atoms with E-state index >= 15 is 0 Å². The van der Waals surface area contributed by atoms with Crippen LogP contribution in [-0.4, -0.2) is 39.6 Å². The summed E-state index contributed by atoms with van der Waals surface area (Å²) in [6.45, 7) is 0.422. The second-order valence-corrected chi connectivity index (χ2v) is 5.86. The quantitative estimate of drug-likeness (QED) is 0.655. The summed E-state index contributed by atoms with van der Waals surface area (Å²) in [6.07, 6.45) is 7.89. The molecule has 2 fully saturated rings. The van der Waals surface area contributed by atoms with E-state index in [0.717, 1.165) is 31.2 Å². The number of pyridine rings is 1. The van der Waals surface area contributed by atoms with E-state index in [4.69, 9.17) is 0 Å². The summed E-state index contributed by atoms with van der Waals surface area (Å²) in [5, 5.41) is 12.2. The zero-order chi connectivity index (χ0) is 15.5. The summed E-state index contributed by atoms with van der Waals surface area (Å²) in [4.78, 5) is 29.6. The van der Waals surface area contributed by atoms with E-state index in [2.05, 4.69) is 10.3 Å². The molecule has 1 aliphatic heterocycles. The highest BCUT2D eigenvalue weighted by atomic mass is 16.3. The van der Waals surface area contributed by atoms with Gasteiger partial charge < -0.3 is 10.4 Å². The SMILES string of the molecule is O=C1N/C(=C\c2ccncc2)C(=O)N1CC1CCC(O)CC1. The van der Waals surface area contributed by atoms with Gasteiger partial charge in [-0.2, -0.15) is 0 Å². The molecule has 2 aliphatic rings. The third-order valence-corrected chi connectivity index (χ3v) is 4.24. The highest BCUT2D eigenvalue weighted by Gasteiger charge is 2.35. The number of carbonyl (C=O) groups excluding carboxylic acids is 2. The van der Waals surface area contributed by atoms with Crippen LogP contribution in [-0.2, 0) is 4.79 Å². The lowest BCUT2D eigenvalue weighted by Crippen LogP contribution is -2.37. The van der Waals surface area contributed by atoms with Crippen LogP contribution in [0.5, 0.6) is 0 Å². The third-order valence-electron chi connectivity index (χ3n) is 4.24. The molecule has 1 aliphatic carbocycles. The van der Waals surface area contributed by atoms with Crippen molar-refractivity contribution in [3.63, 3.8) is 0 Å². The van der Waals surface area contributed by atoms with Gasteiger partial charge in [-0.3, -0.25) is 14.7 Å². The van der Waals surface area contributed by atoms with Gasteiger partial charge in [0.1, 0.15) is 5.70 Å². The number of aliphatic hydroxyl groups excluding tert-OH is 1. The molecule has 3 amide bonds. The summed E-state index contributed by atoms with van der Waals surface area (Å²) in [7, 11) is 0. The van der Waals surface area contributed by atoms with Crippen molar-refractivity contribution in [2.45, 2.75) is 31.8 Å². The van der Waals surface area contributed by atoms with Crippen molar-refractivity contribution >= 4 is 18.0 Å². The zero-order valence-corrected chi connectivity index (χ0v) is 12.2. The first kappa shape index (κ1) is 14.7. The van der Waals surface area contributed by atoms with Gasteiger partial charge in [-0.15, -0.1) is 0 Å². The van der Waals surface area contributed by atoms with Crippen LogP contribution in [0.2, 0.25) is 0 Å². The van der Waals surface area contributed by atoms with E-state index in [-0.39, 0.29) is 24.0 Å². The molecular formula is C16H19N3O3. The molecule has 2 N–H and O–H groups in total. The van der Waals surface area contributed by atoms with Crippen molar-refractivity contribution < 1.29 is 14.7 Å². The molecule has 6 heteroatoms. The average molecular weight is 301 g/mol. The molecule has 0 atom stereocenters. The van der Waals surface area contributed by atoms with Crippen molar-refractivity contribution in [2.75, 3.05) is 6.54 Å². The van der Waals surface area contributed by atoms with E-state index in [1.54, 1.807) is 30.6 Å². The van der Waals surface area contributed by atoms with Crippen LogP contribution in [0.1, 0.15) is 31.2 Å². The van der Waals surface area contributed by atoms with Gasteiger partial charge in [-0.25, -0.2) is 4.79 Å². The van der Waals surface area contributed by atoms with Gasteiger partial charge >= 0.3 is 6.03 Å². The second kappa shape index (κ2) is 6.27. The molecule has 22 heavy (non-hydrogen) atoms. The van der Waals surface area contributed by atoms with E-state index in [1.165, 1.54) is 4.90 Å². The van der Waals surface area contributed by atoms with Crippen molar-refractivity contribution in [2.24, 2.45) is 5.92 Å². The number of urea groups is 1. The number of amides is 3. The molecule has 3 rings (SSSR count). The van der Waals surface area contributed by atoms with Gasteiger partial charge in [-0.1, -0.05) is 0 Å². The van der Waals surface area contributed by atoms with Crippen LogP contribution < -0.4 is 5.32 Å². The van der Waals surface area contributed by atoms with Crippen molar-refractivity contribution in [3.05, 3.63) is 35.8 Å². The predicted molar refractivity (Wildman–Crippen MR) is 80.4 cm³/mol. The van der Waals surface area contributed by atoms with Crippen LogP contribution >= 0.6 is 0 Å². The lowest BCUT2D eigenvalue weighted by Gasteiger charge is -2.27. The molecule has 0 spiro atoms. The topological polar surface area (TPSA) is 82.5 Å². The number of aromatic nitrogens is 1. The Morgan fingerprint density at radius 2 is 1.91 bits per heavy atom. The van der Waals surface area contributed by atoms with Gasteiger partial charge in [0.05, 0.1) is 6.10 Å². The number of nitrogens with one attached hydrogen (secondary N) is 1. The molecule has 1 aromatic rings. The van der Waals surface area contributed by atoms with Crippen molar-refractivity contribution in [3.8, 4) is 0 Å². The largest absolute Gasteiger partial charge is 0.393 e. The Morgan fingerprint density at radius 3 is 2.59 bits per heavy atom. The van der Waals surface area contributed by atoms with Gasteiger partial charge in [0.25, 0.3) is 5.91 Å². The minimum Gasteiger partial charge on any atom is -0.393 e. The first-order chi connectivity index (χ1) is 10.6. The monoisotopic (exact) mass is 301 g/mol. The number of aliphatic hydroxyl groups is 1. The van der Waals surface area contributed by atoms with Crippen molar-refractivity contribution in [1.82, 2.24) is 15.2 Å². The molecule has 0 bridgehead atoms. The Morgan fingerprint density at radius 1 is 1.23 bits per heavy atom. The Bertz CT molecular complexity index is 592. The maximum Gasteiger partial charge on any atom is 0.329 e. The third kappa shape index (κ3) is 3.17. The smallest absolute Gasteiger partial charge is 0.329 e. The molecule has 0 aromatic carbocycles. The fourth-order valence-electron chi connectivity index (χ4n) is 2.95. The zero-order valence-electron chi connectivity index (χ0n) is 12.2. The van der Waals surface area contributed by atoms with Crippen LogP contribution in [0.4, 0.5) is 4.79 Å². The molecule has 1 saturated heterocycles. The van der Waals surface area contributed by atoms with Crippen LogP contribution in [0.25, 0.3) is 6.08 Å². The Balaban J connectivity index is 1.68. The highest BCUT2D eigenvalue weighted by Crippen LogP contribution is 2.26. The molecule has 2 heterocycles. The summed E-state index contributed by atoms with van der Waals surface area (Å²) in [5.74, 6) is -0.00805. The van der Waals surface area contributed by atoms with E-state index < -0.39 is 0 Å². The summed E-state index contributed by atoms with van der Waals surface area (Å²) < 4.78 is 0. The standard InChI is InChI=1S/C16H19N3O3/c20-13-3-1-12(2-4-13)10-19-15(21)14(18-16(19)22)9-11-5-7-17-8-6-11/h5-9,12-13,20H,1-4,10H2,(H,18,22)/b14-9-. The number of imide groups is 1. The number of hydrogen-bond donors (Lipinski definition) is 2. The number of rotatable bonds is 3. The molecule has 1 aromatic heterocycles. The van der Waals surface area contributed by atoms with E-state index in [1.807, 2.05) is 0 Å². The maximum atomic E-state index is 12.4. The second-order valence-electron chi connectivity index (χ2n) is 5.86. The Kier molecular flexibility index (Phi) is 4.20. The molecular weight excluding hydrogens is 282 g/mol. The van der Waals surface area contributed by atoms with Crippen LogP contribution in [0, 0.1) is 5.92 Å². The summed E-state index contributed by atoms with van der Waals surface area (Å²) >= 11 is 0. The van der Waals surface area contributed by atoms with Crippen LogP contribution in [0.3, 0.4) is 0 Å². The Labute approximate surface area is 128 Å². The first-order valence-corrected chi connectivity index (χ1v) is 7.56. The van der Waals surface area contributed by atoms with E-state index in [0.29, 0.717) is 12.2 Å². The molecule has 0 unspecified atom stereocenters. The minimum atomic E-state index is -0.364. The number of hydrogen-bond acceptors (Lipinski definition) is 4. The minimum absolute atomic E-state index is 0.235. The number of carbonyl (C=O) groups is 2. The van der Waals surface area contributed by atoms with Gasteiger partial charge in [-0.05, 0) is 55.4 Å². The number of nitrogens with zero attached hydrogens (tertiary/aromatic N) is 2. The lowest BCUT2D eigenvalue weighted by atomic mass is 9.87. The van der Waals surface area contributed by atoms with Gasteiger partial charge in [0.2, 0.25) is 0 Å². The summed E-state index contributed by atoms with van der Waals surface area (Å²) in [6, 6.07) is 3.19. The molecule has 1 saturated carbocycles. The first-order valence-electron chi connectivity index (χ1n) is 7.56. The van der Waals surface area contributed by atoms with E-state index in [9.17, 15) is 14.7 Å². The maximum absolute atomic E-state index is 12.4.